The average molecular weight is 378 g/mol. The molecule has 4 rings (SSSR count). The molecule has 0 spiro atoms. The molecule has 0 N–H and O–H groups in total. The monoisotopic (exact) mass is 378 g/mol. The maximum atomic E-state index is 13.1. The molecule has 2 aromatic rings. The van der Waals surface area contributed by atoms with Crippen LogP contribution in [0.15, 0.2) is 36.4 Å². The lowest BCUT2D eigenvalue weighted by Crippen LogP contribution is -2.46. The van der Waals surface area contributed by atoms with Gasteiger partial charge in [0.2, 0.25) is 5.91 Å². The maximum absolute atomic E-state index is 13.1. The standard InChI is InChI=1S/C23H26N2O3/c1-15-13-16(2)18-7-6-11-24(20(18)14-15)22(26)10-12-25-19-8-4-5-9-21(19)28-17(3)23(25)27/h4-5,8-9,13-14,17H,6-7,10-12H2,1-3H3. The summed E-state index contributed by atoms with van der Waals surface area (Å²) in [5.74, 6) is 0.657. The van der Waals surface area contributed by atoms with E-state index < -0.39 is 6.10 Å². The highest BCUT2D eigenvalue weighted by Crippen LogP contribution is 2.34. The first-order valence-corrected chi connectivity index (χ1v) is 9.93. The van der Waals surface area contributed by atoms with Crippen LogP contribution in [0.1, 0.15) is 36.5 Å². The largest absolute Gasteiger partial charge is 0.479 e. The van der Waals surface area contributed by atoms with Gasteiger partial charge in [0.05, 0.1) is 5.69 Å². The van der Waals surface area contributed by atoms with Crippen molar-refractivity contribution in [1.29, 1.82) is 0 Å². The molecule has 0 saturated heterocycles. The summed E-state index contributed by atoms with van der Waals surface area (Å²) in [5.41, 5.74) is 5.47. The van der Waals surface area contributed by atoms with Crippen molar-refractivity contribution in [2.45, 2.75) is 46.1 Å². The number of para-hydroxylation sites is 2. The van der Waals surface area contributed by atoms with Crippen molar-refractivity contribution in [3.8, 4) is 5.75 Å². The Hall–Kier alpha value is -2.82. The third-order valence-electron chi connectivity index (χ3n) is 5.62. The highest BCUT2D eigenvalue weighted by molar-refractivity contribution is 6.01. The molecule has 0 bridgehead atoms. The Morgan fingerprint density at radius 2 is 1.96 bits per heavy atom. The predicted molar refractivity (Wildman–Crippen MR) is 110 cm³/mol. The van der Waals surface area contributed by atoms with Crippen molar-refractivity contribution in [1.82, 2.24) is 0 Å². The summed E-state index contributed by atoms with van der Waals surface area (Å²) < 4.78 is 5.68. The number of ether oxygens (including phenoxy) is 1. The van der Waals surface area contributed by atoms with E-state index in [2.05, 4.69) is 26.0 Å². The van der Waals surface area contributed by atoms with Crippen LogP contribution in [-0.2, 0) is 16.0 Å². The van der Waals surface area contributed by atoms with Crippen molar-refractivity contribution in [3.05, 3.63) is 53.1 Å². The minimum Gasteiger partial charge on any atom is -0.479 e. The fraction of sp³-hybridized carbons (Fsp3) is 0.391. The third kappa shape index (κ3) is 3.26. The van der Waals surface area contributed by atoms with E-state index in [4.69, 9.17) is 4.74 Å². The van der Waals surface area contributed by atoms with Crippen molar-refractivity contribution in [2.75, 3.05) is 22.9 Å². The van der Waals surface area contributed by atoms with E-state index >= 15 is 0 Å². The topological polar surface area (TPSA) is 49.9 Å². The molecule has 2 heterocycles. The van der Waals surface area contributed by atoms with Crippen LogP contribution in [0.5, 0.6) is 5.75 Å². The normalized spacial score (nSPS) is 18.4. The lowest BCUT2D eigenvalue weighted by Gasteiger charge is -2.34. The van der Waals surface area contributed by atoms with Crippen LogP contribution in [0.25, 0.3) is 0 Å². The number of aryl methyl sites for hydroxylation is 2. The summed E-state index contributed by atoms with van der Waals surface area (Å²) in [4.78, 5) is 29.3. The van der Waals surface area contributed by atoms with E-state index in [0.29, 0.717) is 18.7 Å². The van der Waals surface area contributed by atoms with Crippen LogP contribution < -0.4 is 14.5 Å². The number of hydrogen-bond donors (Lipinski definition) is 0. The van der Waals surface area contributed by atoms with Crippen LogP contribution >= 0.6 is 0 Å². The van der Waals surface area contributed by atoms with Crippen LogP contribution in [0.2, 0.25) is 0 Å². The van der Waals surface area contributed by atoms with E-state index in [1.165, 1.54) is 16.7 Å². The number of carbonyl (C=O) groups is 2. The summed E-state index contributed by atoms with van der Waals surface area (Å²) in [7, 11) is 0. The second kappa shape index (κ2) is 7.30. The quantitative estimate of drug-likeness (QED) is 0.817. The maximum Gasteiger partial charge on any atom is 0.267 e. The Bertz CT molecular complexity index is 937. The smallest absolute Gasteiger partial charge is 0.267 e. The Morgan fingerprint density at radius 3 is 2.79 bits per heavy atom. The molecular formula is C23H26N2O3. The zero-order chi connectivity index (χ0) is 19.8. The highest BCUT2D eigenvalue weighted by atomic mass is 16.5. The lowest BCUT2D eigenvalue weighted by molar-refractivity contribution is -0.125. The second-order valence-electron chi connectivity index (χ2n) is 7.70. The fourth-order valence-corrected chi connectivity index (χ4v) is 4.27. The molecule has 5 nitrogen and oxygen atoms in total. The number of nitrogens with zero attached hydrogens (tertiary/aromatic N) is 2. The van der Waals surface area contributed by atoms with Gasteiger partial charge in [0.25, 0.3) is 5.91 Å². The minimum atomic E-state index is -0.536. The number of carbonyl (C=O) groups excluding carboxylic acids is 2. The van der Waals surface area contributed by atoms with Gasteiger partial charge in [-0.25, -0.2) is 0 Å². The number of hydrogen-bond acceptors (Lipinski definition) is 3. The van der Waals surface area contributed by atoms with Gasteiger partial charge in [0, 0.05) is 25.2 Å². The fourth-order valence-electron chi connectivity index (χ4n) is 4.27. The number of fused-ring (bicyclic) bond motifs is 2. The molecule has 2 amide bonds. The molecule has 0 radical (unpaired) electrons. The number of benzene rings is 2. The molecule has 0 aromatic heterocycles. The minimum absolute atomic E-state index is 0.0652. The van der Waals surface area contributed by atoms with Crippen molar-refractivity contribution in [3.63, 3.8) is 0 Å². The molecule has 28 heavy (non-hydrogen) atoms. The molecule has 0 fully saturated rings. The second-order valence-corrected chi connectivity index (χ2v) is 7.70. The van der Waals surface area contributed by atoms with Crippen molar-refractivity contribution in [2.24, 2.45) is 0 Å². The molecule has 2 aromatic carbocycles. The van der Waals surface area contributed by atoms with E-state index in [0.717, 1.165) is 30.8 Å². The predicted octanol–water partition coefficient (Wildman–Crippen LogP) is 3.79. The van der Waals surface area contributed by atoms with Crippen molar-refractivity contribution < 1.29 is 14.3 Å². The van der Waals surface area contributed by atoms with Gasteiger partial charge < -0.3 is 14.5 Å². The lowest BCUT2D eigenvalue weighted by atomic mass is 9.95. The molecule has 2 aliphatic heterocycles. The van der Waals surface area contributed by atoms with E-state index in [-0.39, 0.29) is 11.8 Å². The molecular weight excluding hydrogens is 352 g/mol. The Kier molecular flexibility index (Phi) is 4.84. The zero-order valence-electron chi connectivity index (χ0n) is 16.7. The van der Waals surface area contributed by atoms with Crippen LogP contribution in [0.4, 0.5) is 11.4 Å². The van der Waals surface area contributed by atoms with Gasteiger partial charge in [0.1, 0.15) is 5.75 Å². The zero-order valence-corrected chi connectivity index (χ0v) is 16.7. The summed E-state index contributed by atoms with van der Waals surface area (Å²) in [6, 6.07) is 11.8. The Balaban J connectivity index is 1.54. The van der Waals surface area contributed by atoms with Crippen LogP contribution in [0, 0.1) is 13.8 Å². The number of amides is 2. The highest BCUT2D eigenvalue weighted by Gasteiger charge is 2.32. The summed E-state index contributed by atoms with van der Waals surface area (Å²) in [6.45, 7) is 7.02. The van der Waals surface area contributed by atoms with Crippen molar-refractivity contribution >= 4 is 23.2 Å². The summed E-state index contributed by atoms with van der Waals surface area (Å²) >= 11 is 0. The molecule has 1 unspecified atom stereocenters. The molecule has 2 aliphatic rings. The van der Waals surface area contributed by atoms with Gasteiger partial charge in [-0.3, -0.25) is 9.59 Å². The summed E-state index contributed by atoms with van der Waals surface area (Å²) in [5, 5.41) is 0. The van der Waals surface area contributed by atoms with Crippen LogP contribution in [-0.4, -0.2) is 31.0 Å². The molecule has 5 heteroatoms. The first-order chi connectivity index (χ1) is 13.5. The van der Waals surface area contributed by atoms with Gasteiger partial charge in [-0.05, 0) is 68.5 Å². The number of anilines is 2. The average Bonchev–Trinajstić information content (AvgIpc) is 2.67. The van der Waals surface area contributed by atoms with E-state index in [1.54, 1.807) is 11.8 Å². The van der Waals surface area contributed by atoms with Gasteiger partial charge in [-0.2, -0.15) is 0 Å². The first kappa shape index (κ1) is 18.5. The first-order valence-electron chi connectivity index (χ1n) is 9.93. The Labute approximate surface area is 165 Å². The van der Waals surface area contributed by atoms with Crippen LogP contribution in [0.3, 0.4) is 0 Å². The Morgan fingerprint density at radius 1 is 1.18 bits per heavy atom. The third-order valence-corrected chi connectivity index (χ3v) is 5.62. The van der Waals surface area contributed by atoms with Gasteiger partial charge in [0.15, 0.2) is 6.10 Å². The van der Waals surface area contributed by atoms with Gasteiger partial charge in [-0.1, -0.05) is 18.2 Å². The summed E-state index contributed by atoms with van der Waals surface area (Å²) in [6.07, 6.45) is 1.74. The molecule has 1 atom stereocenters. The van der Waals surface area contributed by atoms with Gasteiger partial charge in [-0.15, -0.1) is 0 Å². The number of rotatable bonds is 3. The van der Waals surface area contributed by atoms with E-state index in [9.17, 15) is 9.59 Å². The molecule has 0 aliphatic carbocycles. The van der Waals surface area contributed by atoms with Gasteiger partial charge >= 0.3 is 0 Å². The molecule has 146 valence electrons. The SMILES string of the molecule is Cc1cc(C)c2c(c1)N(C(=O)CCN1C(=O)C(C)Oc3ccccc31)CCC2. The molecule has 0 saturated carbocycles. The van der Waals surface area contributed by atoms with E-state index in [1.807, 2.05) is 29.2 Å².